The first kappa shape index (κ1) is 11.9. The lowest BCUT2D eigenvalue weighted by Gasteiger charge is -2.23. The summed E-state index contributed by atoms with van der Waals surface area (Å²) in [6.45, 7) is 2.28. The molecule has 20 heavy (non-hydrogen) atoms. The minimum absolute atomic E-state index is 0.705. The summed E-state index contributed by atoms with van der Waals surface area (Å²) in [7, 11) is 2.15. The Balaban J connectivity index is 1.90. The summed E-state index contributed by atoms with van der Waals surface area (Å²) in [6.07, 6.45) is 6.34. The fourth-order valence-corrected chi connectivity index (χ4v) is 3.48. The number of hydrogen-bond acceptors (Lipinski definition) is 2. The van der Waals surface area contributed by atoms with Crippen molar-refractivity contribution in [2.75, 3.05) is 13.1 Å². The molecule has 1 aliphatic rings. The fraction of sp³-hybridized carbons (Fsp3) is 0.353. The van der Waals surface area contributed by atoms with Gasteiger partial charge in [0, 0.05) is 35.7 Å². The molecule has 0 bridgehead atoms. The summed E-state index contributed by atoms with van der Waals surface area (Å²) in [5.74, 6) is 0.705. The van der Waals surface area contributed by atoms with Crippen LogP contribution in [0.2, 0.25) is 0 Å². The SMILES string of the molecule is Cn1c2ccncc2c2ccc(C3CCNCC3)cc21. The van der Waals surface area contributed by atoms with Crippen LogP contribution in [0.3, 0.4) is 0 Å². The second kappa shape index (κ2) is 4.60. The third-order valence-electron chi connectivity index (χ3n) is 4.64. The highest BCUT2D eigenvalue weighted by Gasteiger charge is 2.16. The third-order valence-corrected chi connectivity index (χ3v) is 4.64. The van der Waals surface area contributed by atoms with Crippen LogP contribution in [0.15, 0.2) is 36.7 Å². The molecule has 0 aliphatic carbocycles. The van der Waals surface area contributed by atoms with E-state index in [4.69, 9.17) is 0 Å². The molecule has 3 aromatic rings. The molecule has 0 saturated carbocycles. The van der Waals surface area contributed by atoms with Gasteiger partial charge in [0.15, 0.2) is 0 Å². The molecule has 3 nitrogen and oxygen atoms in total. The summed E-state index contributed by atoms with van der Waals surface area (Å²) in [4.78, 5) is 4.27. The van der Waals surface area contributed by atoms with Gasteiger partial charge in [-0.3, -0.25) is 4.98 Å². The van der Waals surface area contributed by atoms with E-state index in [1.54, 1.807) is 0 Å². The Morgan fingerprint density at radius 2 is 1.95 bits per heavy atom. The van der Waals surface area contributed by atoms with E-state index >= 15 is 0 Å². The number of aryl methyl sites for hydroxylation is 1. The zero-order valence-corrected chi connectivity index (χ0v) is 11.8. The molecule has 0 radical (unpaired) electrons. The summed E-state index contributed by atoms with van der Waals surface area (Å²) in [5, 5.41) is 6.01. The number of aromatic nitrogens is 2. The first-order valence-corrected chi connectivity index (χ1v) is 7.37. The van der Waals surface area contributed by atoms with Gasteiger partial charge in [-0.05, 0) is 49.5 Å². The van der Waals surface area contributed by atoms with Crippen molar-refractivity contribution >= 4 is 21.8 Å². The summed E-state index contributed by atoms with van der Waals surface area (Å²) in [5.41, 5.74) is 4.07. The van der Waals surface area contributed by atoms with Gasteiger partial charge >= 0.3 is 0 Å². The topological polar surface area (TPSA) is 29.9 Å². The lowest BCUT2D eigenvalue weighted by molar-refractivity contribution is 0.460. The molecule has 0 spiro atoms. The van der Waals surface area contributed by atoms with Crippen molar-refractivity contribution in [3.05, 3.63) is 42.2 Å². The molecule has 102 valence electrons. The minimum Gasteiger partial charge on any atom is -0.344 e. The van der Waals surface area contributed by atoms with E-state index in [1.807, 2.05) is 12.4 Å². The van der Waals surface area contributed by atoms with Crippen molar-refractivity contribution in [3.8, 4) is 0 Å². The Morgan fingerprint density at radius 3 is 2.80 bits per heavy atom. The van der Waals surface area contributed by atoms with E-state index in [2.05, 4.69) is 46.2 Å². The van der Waals surface area contributed by atoms with Crippen LogP contribution in [-0.4, -0.2) is 22.6 Å². The van der Waals surface area contributed by atoms with Crippen molar-refractivity contribution < 1.29 is 0 Å². The van der Waals surface area contributed by atoms with Crippen molar-refractivity contribution in [3.63, 3.8) is 0 Å². The van der Waals surface area contributed by atoms with Crippen LogP contribution < -0.4 is 5.32 Å². The lowest BCUT2D eigenvalue weighted by Crippen LogP contribution is -2.26. The van der Waals surface area contributed by atoms with E-state index in [-0.39, 0.29) is 0 Å². The number of nitrogens with one attached hydrogen (secondary N) is 1. The number of nitrogens with zero attached hydrogens (tertiary/aromatic N) is 2. The van der Waals surface area contributed by atoms with Gasteiger partial charge in [0.25, 0.3) is 0 Å². The van der Waals surface area contributed by atoms with Crippen LogP contribution in [0.5, 0.6) is 0 Å². The molecule has 1 N–H and O–H groups in total. The van der Waals surface area contributed by atoms with Gasteiger partial charge in [0.1, 0.15) is 0 Å². The van der Waals surface area contributed by atoms with E-state index < -0.39 is 0 Å². The summed E-state index contributed by atoms with van der Waals surface area (Å²) in [6, 6.07) is 9.06. The summed E-state index contributed by atoms with van der Waals surface area (Å²) < 4.78 is 2.29. The fourth-order valence-electron chi connectivity index (χ4n) is 3.48. The second-order valence-corrected chi connectivity index (χ2v) is 5.75. The van der Waals surface area contributed by atoms with Crippen molar-refractivity contribution in [2.45, 2.75) is 18.8 Å². The monoisotopic (exact) mass is 265 g/mol. The average Bonchev–Trinajstić information content (AvgIpc) is 2.81. The Hall–Kier alpha value is -1.87. The van der Waals surface area contributed by atoms with Crippen molar-refractivity contribution in [2.24, 2.45) is 7.05 Å². The van der Waals surface area contributed by atoms with Gasteiger partial charge in [-0.1, -0.05) is 12.1 Å². The Bertz CT molecular complexity index is 766. The largest absolute Gasteiger partial charge is 0.344 e. The molecule has 3 heteroatoms. The van der Waals surface area contributed by atoms with E-state index in [1.165, 1.54) is 40.2 Å². The molecule has 1 saturated heterocycles. The van der Waals surface area contributed by atoms with Crippen LogP contribution in [-0.2, 0) is 7.05 Å². The molecule has 4 rings (SSSR count). The predicted octanol–water partition coefficient (Wildman–Crippen LogP) is 3.19. The highest BCUT2D eigenvalue weighted by Crippen LogP contribution is 2.32. The van der Waals surface area contributed by atoms with Crippen LogP contribution in [0.4, 0.5) is 0 Å². The molecular formula is C17H19N3. The highest BCUT2D eigenvalue weighted by atomic mass is 14.9. The number of benzene rings is 1. The maximum Gasteiger partial charge on any atom is 0.0519 e. The standard InChI is InChI=1S/C17H19N3/c1-20-16-6-9-19-11-15(16)14-3-2-13(10-17(14)20)12-4-7-18-8-5-12/h2-3,6,9-12,18H,4-5,7-8H2,1H3. The zero-order valence-electron chi connectivity index (χ0n) is 11.8. The van der Waals surface area contributed by atoms with Gasteiger partial charge in [-0.25, -0.2) is 0 Å². The predicted molar refractivity (Wildman–Crippen MR) is 83.1 cm³/mol. The van der Waals surface area contributed by atoms with Gasteiger partial charge in [0.05, 0.1) is 5.52 Å². The van der Waals surface area contributed by atoms with Crippen molar-refractivity contribution in [1.29, 1.82) is 0 Å². The van der Waals surface area contributed by atoms with Gasteiger partial charge in [-0.2, -0.15) is 0 Å². The number of pyridine rings is 1. The molecule has 2 aromatic heterocycles. The highest BCUT2D eigenvalue weighted by molar-refractivity contribution is 6.07. The van der Waals surface area contributed by atoms with Gasteiger partial charge in [0.2, 0.25) is 0 Å². The van der Waals surface area contributed by atoms with Gasteiger partial charge < -0.3 is 9.88 Å². The summed E-state index contributed by atoms with van der Waals surface area (Å²) >= 11 is 0. The van der Waals surface area contributed by atoms with Crippen LogP contribution in [0, 0.1) is 0 Å². The molecular weight excluding hydrogens is 246 g/mol. The number of rotatable bonds is 1. The Kier molecular flexibility index (Phi) is 2.74. The minimum atomic E-state index is 0.705. The first-order valence-electron chi connectivity index (χ1n) is 7.37. The van der Waals surface area contributed by atoms with E-state index in [0.717, 1.165) is 13.1 Å². The third kappa shape index (κ3) is 1.74. The second-order valence-electron chi connectivity index (χ2n) is 5.75. The van der Waals surface area contributed by atoms with Crippen LogP contribution >= 0.6 is 0 Å². The van der Waals surface area contributed by atoms with E-state index in [9.17, 15) is 0 Å². The number of hydrogen-bond donors (Lipinski definition) is 1. The molecule has 1 aromatic carbocycles. The van der Waals surface area contributed by atoms with E-state index in [0.29, 0.717) is 5.92 Å². The van der Waals surface area contributed by atoms with Crippen LogP contribution in [0.1, 0.15) is 24.3 Å². The Labute approximate surface area is 118 Å². The molecule has 0 atom stereocenters. The van der Waals surface area contributed by atoms with Crippen LogP contribution in [0.25, 0.3) is 21.8 Å². The van der Waals surface area contributed by atoms with Crippen molar-refractivity contribution in [1.82, 2.24) is 14.9 Å². The lowest BCUT2D eigenvalue weighted by atomic mass is 9.90. The zero-order chi connectivity index (χ0) is 13.5. The average molecular weight is 265 g/mol. The first-order chi connectivity index (χ1) is 9.84. The Morgan fingerprint density at radius 1 is 1.10 bits per heavy atom. The number of piperidine rings is 1. The quantitative estimate of drug-likeness (QED) is 0.732. The molecule has 0 unspecified atom stereocenters. The molecule has 3 heterocycles. The maximum atomic E-state index is 4.27. The normalized spacial score (nSPS) is 17.1. The molecule has 1 fully saturated rings. The smallest absolute Gasteiger partial charge is 0.0519 e. The molecule has 0 amide bonds. The molecule has 1 aliphatic heterocycles. The van der Waals surface area contributed by atoms with Gasteiger partial charge in [-0.15, -0.1) is 0 Å². The number of fused-ring (bicyclic) bond motifs is 3. The maximum absolute atomic E-state index is 4.27.